The van der Waals surface area contributed by atoms with Crippen molar-refractivity contribution >= 4 is 0 Å². The second-order valence-electron chi connectivity index (χ2n) is 5.19. The summed E-state index contributed by atoms with van der Waals surface area (Å²) in [4.78, 5) is 2.35. The predicted molar refractivity (Wildman–Crippen MR) is 65.1 cm³/mol. The van der Waals surface area contributed by atoms with Gasteiger partial charge in [-0.25, -0.2) is 0 Å². The van der Waals surface area contributed by atoms with E-state index in [2.05, 4.69) is 22.0 Å². The molecule has 2 aliphatic rings. The topological polar surface area (TPSA) is 77.4 Å². The van der Waals surface area contributed by atoms with Crippen molar-refractivity contribution in [1.82, 2.24) is 15.1 Å². The lowest BCUT2D eigenvalue weighted by atomic mass is 10.0. The minimum Gasteiger partial charge on any atom is -0.422 e. The molecule has 2 fully saturated rings. The number of likely N-dealkylation sites (N-methyl/N-ethyl adjacent to an activating group) is 1. The normalized spacial score (nSPS) is 30.3. The van der Waals surface area contributed by atoms with Gasteiger partial charge >= 0.3 is 0 Å². The van der Waals surface area contributed by atoms with Gasteiger partial charge in [-0.05, 0) is 19.4 Å². The third-order valence-corrected chi connectivity index (χ3v) is 3.80. The summed E-state index contributed by atoms with van der Waals surface area (Å²) in [5.41, 5.74) is 5.79. The van der Waals surface area contributed by atoms with Gasteiger partial charge < -0.3 is 19.8 Å². The summed E-state index contributed by atoms with van der Waals surface area (Å²) >= 11 is 0. The van der Waals surface area contributed by atoms with E-state index in [1.165, 1.54) is 0 Å². The molecule has 0 aromatic carbocycles. The van der Waals surface area contributed by atoms with Gasteiger partial charge in [0.05, 0.1) is 12.5 Å². The molecule has 3 heterocycles. The quantitative estimate of drug-likeness (QED) is 0.852. The SMILES string of the molecule is CCN1CC(c2nnc([C@@H]3CC[C@@H](N)CO3)o2)C1. The third-order valence-electron chi connectivity index (χ3n) is 3.80. The zero-order chi connectivity index (χ0) is 12.5. The first-order chi connectivity index (χ1) is 8.76. The van der Waals surface area contributed by atoms with Crippen LogP contribution in [-0.2, 0) is 4.74 Å². The van der Waals surface area contributed by atoms with Crippen LogP contribution in [0.3, 0.4) is 0 Å². The van der Waals surface area contributed by atoms with E-state index < -0.39 is 0 Å². The molecule has 18 heavy (non-hydrogen) atoms. The highest BCUT2D eigenvalue weighted by atomic mass is 16.5. The molecule has 2 saturated heterocycles. The zero-order valence-corrected chi connectivity index (χ0v) is 10.7. The van der Waals surface area contributed by atoms with Crippen LogP contribution in [-0.4, -0.2) is 47.4 Å². The molecular weight excluding hydrogens is 232 g/mol. The summed E-state index contributed by atoms with van der Waals surface area (Å²) in [6.07, 6.45) is 1.76. The molecule has 6 heteroatoms. The molecule has 0 amide bonds. The first-order valence-electron chi connectivity index (χ1n) is 6.69. The van der Waals surface area contributed by atoms with Gasteiger partial charge in [0.2, 0.25) is 11.8 Å². The second-order valence-corrected chi connectivity index (χ2v) is 5.19. The number of hydrogen-bond acceptors (Lipinski definition) is 6. The summed E-state index contributed by atoms with van der Waals surface area (Å²) in [6.45, 7) is 5.87. The number of nitrogens with two attached hydrogens (primary N) is 1. The number of nitrogens with zero attached hydrogens (tertiary/aromatic N) is 3. The van der Waals surface area contributed by atoms with Crippen LogP contribution in [0.2, 0.25) is 0 Å². The second kappa shape index (κ2) is 4.95. The van der Waals surface area contributed by atoms with Gasteiger partial charge in [0.1, 0.15) is 6.10 Å². The summed E-state index contributed by atoms with van der Waals surface area (Å²) in [5, 5.41) is 8.26. The van der Waals surface area contributed by atoms with E-state index in [1.807, 2.05) is 0 Å². The van der Waals surface area contributed by atoms with Crippen molar-refractivity contribution < 1.29 is 9.15 Å². The largest absolute Gasteiger partial charge is 0.422 e. The van der Waals surface area contributed by atoms with E-state index in [9.17, 15) is 0 Å². The van der Waals surface area contributed by atoms with Crippen molar-refractivity contribution in [3.63, 3.8) is 0 Å². The molecule has 3 rings (SSSR count). The lowest BCUT2D eigenvalue weighted by Gasteiger charge is -2.36. The molecule has 1 aromatic heterocycles. The highest BCUT2D eigenvalue weighted by Gasteiger charge is 2.33. The highest BCUT2D eigenvalue weighted by Crippen LogP contribution is 2.30. The molecule has 6 nitrogen and oxygen atoms in total. The van der Waals surface area contributed by atoms with Crippen LogP contribution in [0, 0.1) is 0 Å². The Kier molecular flexibility index (Phi) is 3.32. The van der Waals surface area contributed by atoms with Crippen LogP contribution in [0.25, 0.3) is 0 Å². The van der Waals surface area contributed by atoms with Gasteiger partial charge in [-0.2, -0.15) is 0 Å². The number of likely N-dealkylation sites (tertiary alicyclic amines) is 1. The minimum absolute atomic E-state index is 0.0617. The molecule has 100 valence electrons. The van der Waals surface area contributed by atoms with E-state index in [1.54, 1.807) is 0 Å². The monoisotopic (exact) mass is 252 g/mol. The van der Waals surface area contributed by atoms with Crippen LogP contribution in [0.15, 0.2) is 4.42 Å². The summed E-state index contributed by atoms with van der Waals surface area (Å²) in [6, 6.07) is 0.147. The highest BCUT2D eigenvalue weighted by molar-refractivity contribution is 5.01. The number of rotatable bonds is 3. The van der Waals surface area contributed by atoms with Crippen LogP contribution < -0.4 is 5.73 Å². The predicted octanol–water partition coefficient (Wildman–Crippen LogP) is 0.668. The molecule has 0 bridgehead atoms. The molecule has 2 atom stereocenters. The average Bonchev–Trinajstić information content (AvgIpc) is 2.78. The Labute approximate surface area is 106 Å². The minimum atomic E-state index is -0.0617. The molecule has 0 aliphatic carbocycles. The summed E-state index contributed by atoms with van der Waals surface area (Å²) in [7, 11) is 0. The molecule has 0 unspecified atom stereocenters. The first kappa shape index (κ1) is 12.1. The Morgan fingerprint density at radius 3 is 2.72 bits per heavy atom. The van der Waals surface area contributed by atoms with Crippen LogP contribution in [0.5, 0.6) is 0 Å². The Morgan fingerprint density at radius 2 is 2.06 bits per heavy atom. The fourth-order valence-corrected chi connectivity index (χ4v) is 2.49. The van der Waals surface area contributed by atoms with Gasteiger partial charge in [0.25, 0.3) is 0 Å². The van der Waals surface area contributed by atoms with E-state index in [4.69, 9.17) is 14.9 Å². The van der Waals surface area contributed by atoms with Crippen molar-refractivity contribution in [2.45, 2.75) is 37.8 Å². The standard InChI is InChI=1S/C12H20N4O2/c1-2-16-5-8(6-16)11-14-15-12(18-11)10-4-3-9(13)7-17-10/h8-10H,2-7,13H2,1H3/t9-,10+/m1/s1. The molecule has 0 saturated carbocycles. The van der Waals surface area contributed by atoms with Crippen LogP contribution in [0.1, 0.15) is 43.6 Å². The fraction of sp³-hybridized carbons (Fsp3) is 0.833. The maximum Gasteiger partial charge on any atom is 0.245 e. The van der Waals surface area contributed by atoms with E-state index in [0.29, 0.717) is 18.4 Å². The summed E-state index contributed by atoms with van der Waals surface area (Å²) in [5.74, 6) is 1.78. The Balaban J connectivity index is 1.60. The first-order valence-corrected chi connectivity index (χ1v) is 6.69. The van der Waals surface area contributed by atoms with Gasteiger partial charge in [0, 0.05) is 19.1 Å². The average molecular weight is 252 g/mol. The zero-order valence-electron chi connectivity index (χ0n) is 10.7. The molecular formula is C12H20N4O2. The lowest BCUT2D eigenvalue weighted by molar-refractivity contribution is -0.0126. The molecule has 2 aliphatic heterocycles. The van der Waals surface area contributed by atoms with Crippen molar-refractivity contribution in [2.75, 3.05) is 26.2 Å². The smallest absolute Gasteiger partial charge is 0.245 e. The van der Waals surface area contributed by atoms with Crippen molar-refractivity contribution in [2.24, 2.45) is 5.73 Å². The van der Waals surface area contributed by atoms with Crippen molar-refractivity contribution in [3.8, 4) is 0 Å². The summed E-state index contributed by atoms with van der Waals surface area (Å²) < 4.78 is 11.4. The Hall–Kier alpha value is -0.980. The maximum absolute atomic E-state index is 5.79. The van der Waals surface area contributed by atoms with Gasteiger partial charge in [-0.15, -0.1) is 10.2 Å². The van der Waals surface area contributed by atoms with Crippen molar-refractivity contribution in [1.29, 1.82) is 0 Å². The van der Waals surface area contributed by atoms with Crippen LogP contribution in [0.4, 0.5) is 0 Å². The van der Waals surface area contributed by atoms with Gasteiger partial charge in [-0.3, -0.25) is 0 Å². The molecule has 1 aromatic rings. The van der Waals surface area contributed by atoms with Gasteiger partial charge in [-0.1, -0.05) is 6.92 Å². The Bertz CT molecular complexity index is 395. The number of ether oxygens (including phenoxy) is 1. The number of aromatic nitrogens is 2. The molecule has 0 spiro atoms. The number of hydrogen-bond donors (Lipinski definition) is 1. The van der Waals surface area contributed by atoms with Gasteiger partial charge in [0.15, 0.2) is 0 Å². The lowest BCUT2D eigenvalue weighted by Crippen LogP contribution is -2.44. The third kappa shape index (κ3) is 2.28. The molecule has 0 radical (unpaired) electrons. The Morgan fingerprint density at radius 1 is 1.28 bits per heavy atom. The van der Waals surface area contributed by atoms with E-state index >= 15 is 0 Å². The van der Waals surface area contributed by atoms with E-state index in [-0.39, 0.29) is 12.1 Å². The molecule has 2 N–H and O–H groups in total. The van der Waals surface area contributed by atoms with Crippen molar-refractivity contribution in [3.05, 3.63) is 11.8 Å². The van der Waals surface area contributed by atoms with E-state index in [0.717, 1.165) is 38.4 Å². The maximum atomic E-state index is 5.79. The van der Waals surface area contributed by atoms with Crippen LogP contribution >= 0.6 is 0 Å². The fourth-order valence-electron chi connectivity index (χ4n) is 2.49.